The molecular formula is C11H18N2O2. The van der Waals surface area contributed by atoms with Crippen molar-refractivity contribution in [2.45, 2.75) is 13.8 Å². The van der Waals surface area contributed by atoms with Gasteiger partial charge in [-0.05, 0) is 31.5 Å². The maximum Gasteiger partial charge on any atom is 0.0869 e. The molecule has 0 spiro atoms. The second kappa shape index (κ2) is 5.58. The smallest absolute Gasteiger partial charge is 0.0869 e. The van der Waals surface area contributed by atoms with Gasteiger partial charge in [0.2, 0.25) is 0 Å². The normalized spacial score (nSPS) is 10.3. The number of rotatable bonds is 5. The van der Waals surface area contributed by atoms with Crippen LogP contribution in [0.1, 0.15) is 12.5 Å². The Balaban J connectivity index is 2.93. The lowest BCUT2D eigenvalue weighted by molar-refractivity contribution is 0.108. The molecular weight excluding hydrogens is 192 g/mol. The fourth-order valence-electron chi connectivity index (χ4n) is 1.37. The molecule has 15 heavy (non-hydrogen) atoms. The van der Waals surface area contributed by atoms with Gasteiger partial charge in [0.1, 0.15) is 0 Å². The van der Waals surface area contributed by atoms with Crippen LogP contribution >= 0.6 is 0 Å². The van der Waals surface area contributed by atoms with Crippen molar-refractivity contribution in [2.75, 3.05) is 30.6 Å². The molecule has 0 aliphatic rings. The van der Waals surface area contributed by atoms with Gasteiger partial charge < -0.3 is 10.8 Å². The first-order valence-corrected chi connectivity index (χ1v) is 5.06. The fraction of sp³-hybridized carbons (Fsp3) is 0.455. The number of nitrogen functional groups attached to an aromatic ring is 1. The van der Waals surface area contributed by atoms with Crippen molar-refractivity contribution in [3.8, 4) is 0 Å². The molecule has 0 unspecified atom stereocenters. The van der Waals surface area contributed by atoms with Crippen LogP contribution in [-0.2, 0) is 4.84 Å². The predicted molar refractivity (Wildman–Crippen MR) is 61.6 cm³/mol. The van der Waals surface area contributed by atoms with Crippen molar-refractivity contribution in [2.24, 2.45) is 0 Å². The second-order valence-corrected chi connectivity index (χ2v) is 3.31. The SMILES string of the molecule is CCON(CCO)c1cc(C)ccc1N. The molecule has 0 saturated heterocycles. The Morgan fingerprint density at radius 1 is 1.47 bits per heavy atom. The summed E-state index contributed by atoms with van der Waals surface area (Å²) in [5.41, 5.74) is 8.43. The number of aliphatic hydroxyl groups excluding tert-OH is 1. The highest BCUT2D eigenvalue weighted by Crippen LogP contribution is 2.24. The topological polar surface area (TPSA) is 58.7 Å². The molecule has 1 aromatic carbocycles. The molecule has 0 aliphatic heterocycles. The van der Waals surface area contributed by atoms with Crippen molar-refractivity contribution in [3.05, 3.63) is 23.8 Å². The zero-order valence-electron chi connectivity index (χ0n) is 9.23. The summed E-state index contributed by atoms with van der Waals surface area (Å²) >= 11 is 0. The minimum absolute atomic E-state index is 0.0351. The van der Waals surface area contributed by atoms with E-state index < -0.39 is 0 Å². The number of anilines is 2. The number of hydroxylamine groups is 1. The van der Waals surface area contributed by atoms with Crippen LogP contribution < -0.4 is 10.8 Å². The number of nitrogens with zero attached hydrogens (tertiary/aromatic N) is 1. The molecule has 0 bridgehead atoms. The third-order valence-electron chi connectivity index (χ3n) is 2.04. The monoisotopic (exact) mass is 210 g/mol. The highest BCUT2D eigenvalue weighted by atomic mass is 16.7. The molecule has 1 rings (SSSR count). The summed E-state index contributed by atoms with van der Waals surface area (Å²) < 4.78 is 0. The van der Waals surface area contributed by atoms with E-state index in [0.717, 1.165) is 11.3 Å². The average molecular weight is 210 g/mol. The summed E-state index contributed by atoms with van der Waals surface area (Å²) in [5.74, 6) is 0. The van der Waals surface area contributed by atoms with Crippen molar-refractivity contribution < 1.29 is 9.94 Å². The third-order valence-corrected chi connectivity index (χ3v) is 2.04. The van der Waals surface area contributed by atoms with E-state index in [-0.39, 0.29) is 6.61 Å². The Hall–Kier alpha value is -1.26. The minimum atomic E-state index is 0.0351. The molecule has 0 amide bonds. The van der Waals surface area contributed by atoms with Crippen molar-refractivity contribution in [3.63, 3.8) is 0 Å². The van der Waals surface area contributed by atoms with Gasteiger partial charge in [0.05, 0.1) is 31.1 Å². The number of hydrogen-bond donors (Lipinski definition) is 2. The summed E-state index contributed by atoms with van der Waals surface area (Å²) in [6, 6.07) is 5.73. The first-order chi connectivity index (χ1) is 7.19. The zero-order valence-corrected chi connectivity index (χ0v) is 9.23. The summed E-state index contributed by atoms with van der Waals surface area (Å²) in [6.07, 6.45) is 0. The highest BCUT2D eigenvalue weighted by molar-refractivity contribution is 5.67. The second-order valence-electron chi connectivity index (χ2n) is 3.31. The van der Waals surface area contributed by atoms with E-state index >= 15 is 0 Å². The maximum atomic E-state index is 8.92. The molecule has 0 aliphatic carbocycles. The van der Waals surface area contributed by atoms with E-state index in [1.165, 1.54) is 0 Å². The molecule has 84 valence electrons. The van der Waals surface area contributed by atoms with E-state index in [9.17, 15) is 0 Å². The van der Waals surface area contributed by atoms with Gasteiger partial charge in [0.25, 0.3) is 0 Å². The van der Waals surface area contributed by atoms with Crippen LogP contribution in [0.25, 0.3) is 0 Å². The van der Waals surface area contributed by atoms with Crippen LogP contribution in [0.5, 0.6) is 0 Å². The fourth-order valence-corrected chi connectivity index (χ4v) is 1.37. The molecule has 0 atom stereocenters. The Morgan fingerprint density at radius 2 is 2.20 bits per heavy atom. The van der Waals surface area contributed by atoms with Crippen LogP contribution in [0.3, 0.4) is 0 Å². The van der Waals surface area contributed by atoms with E-state index in [1.807, 2.05) is 32.0 Å². The van der Waals surface area contributed by atoms with Crippen LogP contribution in [0, 0.1) is 6.92 Å². The number of aryl methyl sites for hydroxylation is 1. The number of nitrogens with two attached hydrogens (primary N) is 1. The van der Waals surface area contributed by atoms with Gasteiger partial charge in [-0.2, -0.15) is 0 Å². The van der Waals surface area contributed by atoms with Crippen LogP contribution in [0.2, 0.25) is 0 Å². The van der Waals surface area contributed by atoms with Crippen molar-refractivity contribution in [1.82, 2.24) is 0 Å². The molecule has 0 fully saturated rings. The van der Waals surface area contributed by atoms with Gasteiger partial charge in [-0.25, -0.2) is 5.06 Å². The maximum absolute atomic E-state index is 8.92. The van der Waals surface area contributed by atoms with Gasteiger partial charge in [-0.15, -0.1) is 0 Å². The van der Waals surface area contributed by atoms with Gasteiger partial charge in [-0.3, -0.25) is 4.84 Å². The molecule has 3 N–H and O–H groups in total. The third kappa shape index (κ3) is 3.11. The summed E-state index contributed by atoms with van der Waals surface area (Å²) in [5, 5.41) is 10.5. The lowest BCUT2D eigenvalue weighted by Gasteiger charge is -2.24. The highest BCUT2D eigenvalue weighted by Gasteiger charge is 2.09. The van der Waals surface area contributed by atoms with E-state index in [4.69, 9.17) is 15.7 Å². The van der Waals surface area contributed by atoms with Crippen molar-refractivity contribution >= 4 is 11.4 Å². The van der Waals surface area contributed by atoms with Gasteiger partial charge >= 0.3 is 0 Å². The summed E-state index contributed by atoms with van der Waals surface area (Å²) in [4.78, 5) is 5.40. The average Bonchev–Trinajstić information content (AvgIpc) is 2.21. The largest absolute Gasteiger partial charge is 0.397 e. The molecule has 1 aromatic rings. The Bertz CT molecular complexity index is 309. The standard InChI is InChI=1S/C11H18N2O2/c1-3-15-13(6-7-14)11-8-9(2)4-5-10(11)12/h4-5,8,14H,3,6-7,12H2,1-2H3. The first-order valence-electron chi connectivity index (χ1n) is 5.06. The zero-order chi connectivity index (χ0) is 11.3. The number of hydrogen-bond acceptors (Lipinski definition) is 4. The Labute approximate surface area is 90.2 Å². The van der Waals surface area contributed by atoms with E-state index in [1.54, 1.807) is 5.06 Å². The quantitative estimate of drug-likeness (QED) is 0.568. The van der Waals surface area contributed by atoms with Crippen molar-refractivity contribution in [1.29, 1.82) is 0 Å². The minimum Gasteiger partial charge on any atom is -0.397 e. The number of benzene rings is 1. The van der Waals surface area contributed by atoms with Crippen LogP contribution in [0.4, 0.5) is 11.4 Å². The molecule has 4 heteroatoms. The lowest BCUT2D eigenvalue weighted by Crippen LogP contribution is -2.27. The molecule has 0 aromatic heterocycles. The molecule has 0 saturated carbocycles. The molecule has 0 radical (unpaired) electrons. The Kier molecular flexibility index (Phi) is 4.39. The summed E-state index contributed by atoms with van der Waals surface area (Å²) in [7, 11) is 0. The van der Waals surface area contributed by atoms with Gasteiger partial charge in [0.15, 0.2) is 0 Å². The van der Waals surface area contributed by atoms with E-state index in [0.29, 0.717) is 18.8 Å². The summed E-state index contributed by atoms with van der Waals surface area (Å²) in [6.45, 7) is 4.89. The first kappa shape index (κ1) is 11.8. The molecule has 4 nitrogen and oxygen atoms in total. The molecule has 0 heterocycles. The predicted octanol–water partition coefficient (Wildman–Crippen LogP) is 1.33. The van der Waals surface area contributed by atoms with Crippen LogP contribution in [0.15, 0.2) is 18.2 Å². The van der Waals surface area contributed by atoms with Gasteiger partial charge in [-0.1, -0.05) is 6.07 Å². The van der Waals surface area contributed by atoms with Gasteiger partial charge in [0, 0.05) is 0 Å². The number of aliphatic hydroxyl groups is 1. The lowest BCUT2D eigenvalue weighted by atomic mass is 10.2. The Morgan fingerprint density at radius 3 is 2.80 bits per heavy atom. The van der Waals surface area contributed by atoms with Crippen LogP contribution in [-0.4, -0.2) is 24.9 Å². The van der Waals surface area contributed by atoms with E-state index in [2.05, 4.69) is 0 Å².